The second-order valence-corrected chi connectivity index (χ2v) is 109. The zero-order chi connectivity index (χ0) is 28.4. The molecule has 2 saturated heterocycles. The van der Waals surface area contributed by atoms with E-state index in [0.29, 0.717) is 27.1 Å². The summed E-state index contributed by atoms with van der Waals surface area (Å²) >= 11 is 44.0. The Bertz CT molecular complexity index is 548. The van der Waals surface area contributed by atoms with Gasteiger partial charge in [0.1, 0.15) is 6.63 Å². The molecule has 2 rings (SSSR count). The molecule has 296 valence electrons. The van der Waals surface area contributed by atoms with E-state index < -0.39 is 32.6 Å². The van der Waals surface area contributed by atoms with Gasteiger partial charge >= 0.3 is 0 Å². The quantitative estimate of drug-likeness (QED) is 0.184. The summed E-state index contributed by atoms with van der Waals surface area (Å²) in [5.41, 5.74) is 0. The van der Waals surface area contributed by atoms with Gasteiger partial charge in [-0.15, -0.1) is 0 Å². The first kappa shape index (κ1) is 95.1. The summed E-state index contributed by atoms with van der Waals surface area (Å²) < 4.78 is 0. The Balaban J connectivity index is -0.0000000246. The van der Waals surface area contributed by atoms with Gasteiger partial charge in [-0.05, 0) is 31.7 Å². The van der Waals surface area contributed by atoms with Crippen LogP contribution >= 0.6 is 77.6 Å². The van der Waals surface area contributed by atoms with Crippen LogP contribution in [0.25, 0.3) is 0 Å². The number of hydrogen-bond donors (Lipinski definition) is 0. The molecule has 0 spiro atoms. The Hall–Kier alpha value is 7.47. The molecule has 0 saturated carbocycles. The van der Waals surface area contributed by atoms with E-state index >= 15 is 0 Å². The van der Waals surface area contributed by atoms with Gasteiger partial charge in [0.25, 0.3) is 0 Å². The maximum atomic E-state index is 6.31. The van der Waals surface area contributed by atoms with Crippen molar-refractivity contribution in [1.82, 2.24) is 0 Å². The third-order valence-corrected chi connectivity index (χ3v) is 148. The molecule has 21 heteroatoms. The smallest absolute Gasteiger partial charge is 0.167 e. The Labute approximate surface area is 419 Å². The van der Waals surface area contributed by atoms with Gasteiger partial charge in [0, 0.05) is 142 Å². The van der Waals surface area contributed by atoms with Gasteiger partial charge in [0.05, 0.1) is 0 Å². The van der Waals surface area contributed by atoms with E-state index in [4.69, 9.17) is 77.6 Å². The molecule has 2 aliphatic heterocycles. The van der Waals surface area contributed by atoms with Crippen LogP contribution in [0.1, 0.15) is 85.1 Å². The fourth-order valence-corrected chi connectivity index (χ4v) is 136. The Morgan fingerprint density at radius 2 is 0.745 bits per heavy atom. The Morgan fingerprint density at radius 3 is 0.787 bits per heavy atom. The fraction of sp³-hybridized carbons (Fsp3) is 1.00. The summed E-state index contributed by atoms with van der Waals surface area (Å²) in [5.74, 6) is 0. The van der Waals surface area contributed by atoms with Crippen LogP contribution in [0.4, 0.5) is 0 Å². The van der Waals surface area contributed by atoms with Gasteiger partial charge in [-0.25, -0.2) is 0 Å². The van der Waals surface area contributed by atoms with Crippen molar-refractivity contribution < 1.29 is 99.3 Å². The molecule has 0 N–H and O–H groups in total. The average molecular weight is 1500 g/mol. The molecule has 0 unspecified atom stereocenters. The molecule has 2 aliphatic rings. The summed E-state index contributed by atoms with van der Waals surface area (Å²) in [6.07, 6.45) is -1.62. The molecule has 0 aromatic heterocycles. The zero-order valence-corrected chi connectivity index (χ0v) is 53.7. The predicted molar refractivity (Wildman–Crippen MR) is 258 cm³/mol. The number of halogens is 7. The Kier molecular flexibility index (Phi) is 90.2. The van der Waals surface area contributed by atoms with Crippen LogP contribution in [-0.4, -0.2) is 75.2 Å². The monoisotopic (exact) mass is 1500 g/mol. The molecule has 2 fully saturated rings. The molecular weight excluding hydrogens is 1420 g/mol. The molecule has 0 amide bonds. The van der Waals surface area contributed by atoms with Crippen molar-refractivity contribution in [1.29, 1.82) is 0 Å². The zero-order valence-electron chi connectivity index (χ0n) is 25.9. The first-order chi connectivity index (χ1) is 15.5. The van der Waals surface area contributed by atoms with Crippen LogP contribution in [0, 0.1) is 62.2 Å². The molecule has 0 atom stereocenters. The summed E-state index contributed by atoms with van der Waals surface area (Å²) in [7, 11) is 0.364. The van der Waals surface area contributed by atoms with Gasteiger partial charge in [0.2, 0.25) is 18.6 Å². The van der Waals surface area contributed by atoms with Crippen LogP contribution in [0.3, 0.4) is 0 Å². The topological polar surface area (TPSA) is 0 Å². The van der Waals surface area contributed by atoms with Crippen LogP contribution in [0.5, 0.6) is 0 Å². The van der Waals surface area contributed by atoms with E-state index in [1.807, 2.05) is 26.2 Å². The maximum absolute atomic E-state index is 6.31. The third-order valence-electron chi connectivity index (χ3n) is 8.48. The molecule has 0 nitrogen and oxygen atoms in total. The molecule has 0 aromatic rings. The van der Waals surface area contributed by atoms with Crippen LogP contribution < -0.4 is 0 Å². The fourth-order valence-electron chi connectivity index (χ4n) is 4.15. The van der Waals surface area contributed by atoms with Crippen molar-refractivity contribution in [2.45, 2.75) is 175 Å². The first-order valence-corrected chi connectivity index (χ1v) is 52.9. The van der Waals surface area contributed by atoms with Crippen LogP contribution in [0.15, 0.2) is 0 Å². The largest absolute Gasteiger partial charge is 0.236 e. The molecule has 47 heavy (non-hydrogen) atoms. The third kappa shape index (κ3) is 40.1. The minimum absolute atomic E-state index is 0. The van der Waals surface area contributed by atoms with Gasteiger partial charge in [0.15, 0.2) is 7.38 Å². The maximum Gasteiger partial charge on any atom is 0.236 e. The standard InChI is InChI=1S/C5H11ClSi.C5H12Si.C4H12Cl6Si4.C4H18Si4.8CH4.2U.2V/c1-7(6)4-2-3-5-7;1-6-4-2-3-5-6;1-11(5,6)14(4,12(2,7)8)13(3,9)10;1-5-8(4,6-2)7-3;;;;;;;;;;;;/h2-5H2,1H3;6H,2-5H2,1H3;1-4H3;5-7H2,1-4H3;8*1H4;;;;. The molecule has 0 bridgehead atoms. The molecule has 2 radical (unpaired) electrons. The number of hydrogen-bond acceptors (Lipinski definition) is 0. The van der Waals surface area contributed by atoms with Crippen LogP contribution in [-0.2, 0) is 37.1 Å². The van der Waals surface area contributed by atoms with E-state index in [9.17, 15) is 0 Å². The van der Waals surface area contributed by atoms with Crippen LogP contribution in [0.2, 0.25) is 89.6 Å². The first-order valence-electron chi connectivity index (χ1n) is 13.4. The van der Waals surface area contributed by atoms with Gasteiger partial charge < -0.3 is 0 Å². The average Bonchev–Trinajstić information content (AvgIpc) is 3.35. The van der Waals surface area contributed by atoms with E-state index in [1.165, 1.54) is 24.9 Å². The summed E-state index contributed by atoms with van der Waals surface area (Å²) in [6, 6.07) is 5.96. The number of rotatable bonds is 6. The van der Waals surface area contributed by atoms with E-state index in [-0.39, 0.29) is 174 Å². The molecule has 0 aliphatic carbocycles. The van der Waals surface area contributed by atoms with Crippen molar-refractivity contribution in [2.24, 2.45) is 0 Å². The van der Waals surface area contributed by atoms with E-state index in [2.05, 4.69) is 39.3 Å². The predicted octanol–water partition coefficient (Wildman–Crippen LogP) is 13.5. The van der Waals surface area contributed by atoms with Crippen molar-refractivity contribution in [3.8, 4) is 0 Å². The minimum atomic E-state index is -2.50. The van der Waals surface area contributed by atoms with Gasteiger partial charge in [-0.3, -0.25) is 0 Å². The van der Waals surface area contributed by atoms with Crippen molar-refractivity contribution >= 4 is 153 Å². The van der Waals surface area contributed by atoms with Crippen molar-refractivity contribution in [2.75, 3.05) is 0 Å². The normalized spacial score (nSPS) is 16.0. The van der Waals surface area contributed by atoms with Crippen molar-refractivity contribution in [3.63, 3.8) is 0 Å². The van der Waals surface area contributed by atoms with E-state index in [1.54, 1.807) is 24.9 Å². The second kappa shape index (κ2) is 44.6. The SMILES string of the molecule is C.C.C.C.C.C.C.C.C[SiH2][Si](C)([SiH2]C)[SiH2]C.C[SiH]1CCCC1.C[Si](Cl)(Cl)[Si](C)([Si](C)(Cl)Cl)[Si](C)(Cl)Cl.C[Si]1(Cl)CCCC1.[U].[U].[V].[V]. The van der Waals surface area contributed by atoms with Gasteiger partial charge in [-0.2, -0.15) is 77.6 Å². The van der Waals surface area contributed by atoms with Crippen molar-refractivity contribution in [3.05, 3.63) is 0 Å². The summed E-state index contributed by atoms with van der Waals surface area (Å²) in [6.45, 7) is 19.9. The molecule has 2 heterocycles. The van der Waals surface area contributed by atoms with Gasteiger partial charge in [-0.1, -0.05) is 143 Å². The summed E-state index contributed by atoms with van der Waals surface area (Å²) in [4.78, 5) is 0. The molecule has 0 aromatic carbocycles. The second-order valence-electron chi connectivity index (χ2n) is 11.7. The molecular formula is C26H85Cl7Si10U2V2. The van der Waals surface area contributed by atoms with E-state index in [0.717, 1.165) is 0 Å². The minimum Gasteiger partial charge on any atom is -0.167 e. The summed E-state index contributed by atoms with van der Waals surface area (Å²) in [5, 5.41) is 0. The Morgan fingerprint density at radius 1 is 0.532 bits per heavy atom.